The second kappa shape index (κ2) is 7.53. The topological polar surface area (TPSA) is 33.3 Å². The fourth-order valence-electron chi connectivity index (χ4n) is 7.55. The van der Waals surface area contributed by atoms with E-state index >= 15 is 0 Å². The summed E-state index contributed by atoms with van der Waals surface area (Å²) >= 11 is 0. The Bertz CT molecular complexity index is 915. The molecule has 4 aliphatic rings. The van der Waals surface area contributed by atoms with Crippen molar-refractivity contribution in [1.29, 1.82) is 0 Å². The molecule has 1 aliphatic carbocycles. The third-order valence-corrected chi connectivity index (χ3v) is 14.3. The lowest BCUT2D eigenvalue weighted by atomic mass is 9.58. The molecule has 2 N–H and O–H groups in total. The van der Waals surface area contributed by atoms with Gasteiger partial charge in [-0.15, -0.1) is 0 Å². The Morgan fingerprint density at radius 2 is 1.47 bits per heavy atom. The Hall–Kier alpha value is -1.46. The van der Waals surface area contributed by atoms with Gasteiger partial charge in [0.2, 0.25) is 0 Å². The van der Waals surface area contributed by atoms with Crippen molar-refractivity contribution < 1.29 is 4.43 Å². The molecule has 2 aromatic carbocycles. The number of piperidine rings is 2. The van der Waals surface area contributed by atoms with E-state index in [4.69, 9.17) is 4.43 Å². The van der Waals surface area contributed by atoms with Crippen LogP contribution in [0.15, 0.2) is 60.7 Å². The standard InChI is InChI=1S/C28H38N2OSi/c1-27(2,3)32(21-13-6-4-7-14-21,22-15-8-5-9-16-22)31-26-24-18-28(20-11-10-12-20)17-23(30-24)25(26)29-19-28/h4-9,13-16,20,23-26,29-30H,10-12,17-19H2,1-3H3/t23?,24?,25?,26-,28?/m0/s1. The molecule has 4 unspecified atom stereocenters. The summed E-state index contributed by atoms with van der Waals surface area (Å²) in [5, 5.41) is 10.8. The highest BCUT2D eigenvalue weighted by atomic mass is 28.4. The molecule has 3 nitrogen and oxygen atoms in total. The van der Waals surface area contributed by atoms with E-state index in [1.165, 1.54) is 49.0 Å². The molecule has 0 aromatic heterocycles. The van der Waals surface area contributed by atoms with Crippen molar-refractivity contribution in [2.75, 3.05) is 6.54 Å². The Kier molecular flexibility index (Phi) is 4.96. The van der Waals surface area contributed by atoms with Gasteiger partial charge in [0.15, 0.2) is 0 Å². The predicted molar refractivity (Wildman–Crippen MR) is 134 cm³/mol. The van der Waals surface area contributed by atoms with Crippen molar-refractivity contribution in [3.8, 4) is 0 Å². The molecule has 170 valence electrons. The molecule has 3 saturated heterocycles. The average molecular weight is 447 g/mol. The second-order valence-corrected chi connectivity index (χ2v) is 16.2. The first-order valence-corrected chi connectivity index (χ1v) is 14.6. The van der Waals surface area contributed by atoms with Crippen molar-refractivity contribution in [3.63, 3.8) is 0 Å². The SMILES string of the molecule is CC(C)(C)[Si](O[C@H]1C2CC3(C4CCC4)CNC1C(C3)N2)(c1ccccc1)c1ccccc1. The summed E-state index contributed by atoms with van der Waals surface area (Å²) in [6, 6.07) is 23.8. The van der Waals surface area contributed by atoms with E-state index in [9.17, 15) is 0 Å². The first-order chi connectivity index (χ1) is 15.4. The van der Waals surface area contributed by atoms with Crippen LogP contribution in [0.4, 0.5) is 0 Å². The van der Waals surface area contributed by atoms with Gasteiger partial charge >= 0.3 is 0 Å². The number of fused-ring (bicyclic) bond motifs is 2. The number of hydrogen-bond acceptors (Lipinski definition) is 3. The van der Waals surface area contributed by atoms with Crippen LogP contribution in [0.5, 0.6) is 0 Å². The zero-order valence-corrected chi connectivity index (χ0v) is 20.8. The van der Waals surface area contributed by atoms with Crippen LogP contribution in [0.1, 0.15) is 52.9 Å². The molecule has 0 spiro atoms. The first-order valence-electron chi connectivity index (χ1n) is 12.7. The minimum absolute atomic E-state index is 0.0239. The molecule has 3 bridgehead atoms. The van der Waals surface area contributed by atoms with Crippen molar-refractivity contribution >= 4 is 18.7 Å². The zero-order valence-electron chi connectivity index (χ0n) is 19.8. The summed E-state index contributed by atoms with van der Waals surface area (Å²) in [6.07, 6.45) is 7.15. The van der Waals surface area contributed by atoms with E-state index in [2.05, 4.69) is 92.1 Å². The van der Waals surface area contributed by atoms with Gasteiger partial charge in [-0.05, 0) is 52.4 Å². The fourth-order valence-corrected chi connectivity index (χ4v) is 12.3. The highest BCUT2D eigenvalue weighted by Gasteiger charge is 2.62. The van der Waals surface area contributed by atoms with E-state index < -0.39 is 8.32 Å². The molecule has 3 aliphatic heterocycles. The quantitative estimate of drug-likeness (QED) is 0.685. The third kappa shape index (κ3) is 3.03. The van der Waals surface area contributed by atoms with Gasteiger partial charge in [0, 0.05) is 24.7 Å². The van der Waals surface area contributed by atoms with Gasteiger partial charge in [0.05, 0.1) is 6.10 Å². The van der Waals surface area contributed by atoms with Gasteiger partial charge < -0.3 is 15.1 Å². The molecule has 2 aromatic rings. The van der Waals surface area contributed by atoms with Crippen LogP contribution in [0.2, 0.25) is 5.04 Å². The van der Waals surface area contributed by atoms with Crippen molar-refractivity contribution in [2.24, 2.45) is 11.3 Å². The second-order valence-electron chi connectivity index (χ2n) is 11.9. The molecule has 4 fully saturated rings. The zero-order chi connectivity index (χ0) is 22.0. The maximum Gasteiger partial charge on any atom is 0.261 e. The molecule has 5 atom stereocenters. The lowest BCUT2D eigenvalue weighted by Crippen LogP contribution is -2.69. The van der Waals surface area contributed by atoms with Crippen LogP contribution in [0.25, 0.3) is 0 Å². The maximum absolute atomic E-state index is 7.67. The van der Waals surface area contributed by atoms with Crippen LogP contribution in [-0.2, 0) is 4.43 Å². The van der Waals surface area contributed by atoms with Crippen LogP contribution >= 0.6 is 0 Å². The third-order valence-electron chi connectivity index (χ3n) is 9.26. The summed E-state index contributed by atoms with van der Waals surface area (Å²) < 4.78 is 7.67. The molecule has 0 amide bonds. The van der Waals surface area contributed by atoms with Gasteiger partial charge in [0.25, 0.3) is 8.32 Å². The number of rotatable bonds is 5. The molecule has 0 radical (unpaired) electrons. The highest BCUT2D eigenvalue weighted by Crippen LogP contribution is 2.55. The lowest BCUT2D eigenvalue weighted by Gasteiger charge is -2.53. The van der Waals surface area contributed by atoms with Gasteiger partial charge in [-0.1, -0.05) is 87.9 Å². The predicted octanol–water partition coefficient (Wildman–Crippen LogP) is 3.82. The van der Waals surface area contributed by atoms with E-state index in [1.54, 1.807) is 0 Å². The summed E-state index contributed by atoms with van der Waals surface area (Å²) in [6.45, 7) is 8.38. The molecular weight excluding hydrogens is 408 g/mol. The van der Waals surface area contributed by atoms with Gasteiger partial charge in [-0.3, -0.25) is 0 Å². The first kappa shape index (κ1) is 21.1. The van der Waals surface area contributed by atoms with Crippen LogP contribution < -0.4 is 21.0 Å². The van der Waals surface area contributed by atoms with Crippen LogP contribution in [0.3, 0.4) is 0 Å². The van der Waals surface area contributed by atoms with Gasteiger partial charge in [0.1, 0.15) is 0 Å². The van der Waals surface area contributed by atoms with Gasteiger partial charge in [-0.25, -0.2) is 0 Å². The number of nitrogens with one attached hydrogen (secondary N) is 2. The average Bonchev–Trinajstić information content (AvgIpc) is 2.91. The summed E-state index contributed by atoms with van der Waals surface area (Å²) in [5.41, 5.74) is 0.499. The fraction of sp³-hybridized carbons (Fsp3) is 0.571. The van der Waals surface area contributed by atoms with Crippen LogP contribution in [-0.4, -0.2) is 39.1 Å². The molecule has 6 rings (SSSR count). The van der Waals surface area contributed by atoms with Gasteiger partial charge in [-0.2, -0.15) is 0 Å². The summed E-state index contributed by atoms with van der Waals surface area (Å²) in [4.78, 5) is 0. The Morgan fingerprint density at radius 3 is 2.00 bits per heavy atom. The van der Waals surface area contributed by atoms with Crippen molar-refractivity contribution in [1.82, 2.24) is 10.6 Å². The lowest BCUT2D eigenvalue weighted by molar-refractivity contribution is 0.00972. The molecule has 32 heavy (non-hydrogen) atoms. The highest BCUT2D eigenvalue weighted by molar-refractivity contribution is 6.99. The van der Waals surface area contributed by atoms with E-state index in [1.807, 2.05) is 0 Å². The Labute approximate surface area is 194 Å². The largest absolute Gasteiger partial charge is 0.401 e. The monoisotopic (exact) mass is 446 g/mol. The number of hydrogen-bond donors (Lipinski definition) is 2. The molecule has 4 heteroatoms. The van der Waals surface area contributed by atoms with E-state index in [-0.39, 0.29) is 11.1 Å². The summed E-state index contributed by atoms with van der Waals surface area (Å²) in [7, 11) is -2.54. The smallest absolute Gasteiger partial charge is 0.261 e. The minimum Gasteiger partial charge on any atom is -0.401 e. The van der Waals surface area contributed by atoms with Crippen molar-refractivity contribution in [3.05, 3.63) is 60.7 Å². The van der Waals surface area contributed by atoms with Crippen LogP contribution in [0, 0.1) is 11.3 Å². The normalized spacial score (nSPS) is 34.5. The molecular formula is C28H38N2OSi. The maximum atomic E-state index is 7.67. The Balaban J connectivity index is 1.43. The van der Waals surface area contributed by atoms with E-state index in [0.717, 1.165) is 5.92 Å². The van der Waals surface area contributed by atoms with E-state index in [0.29, 0.717) is 23.5 Å². The number of benzene rings is 2. The summed E-state index contributed by atoms with van der Waals surface area (Å²) in [5.74, 6) is 0.926. The van der Waals surface area contributed by atoms with Crippen molar-refractivity contribution in [2.45, 2.75) is 82.1 Å². The molecule has 1 saturated carbocycles. The minimum atomic E-state index is -2.54. The Morgan fingerprint density at radius 1 is 0.875 bits per heavy atom. The molecule has 3 heterocycles.